The van der Waals surface area contributed by atoms with Gasteiger partial charge in [0, 0.05) is 13.5 Å². The molecule has 1 unspecified atom stereocenters. The fourth-order valence-corrected chi connectivity index (χ4v) is 1.30. The van der Waals surface area contributed by atoms with Crippen molar-refractivity contribution in [3.8, 4) is 0 Å². The third-order valence-electron chi connectivity index (χ3n) is 1.85. The van der Waals surface area contributed by atoms with Gasteiger partial charge in [-0.05, 0) is 19.3 Å². The number of nitrogens with zero attached hydrogens (tertiary/aromatic N) is 1. The van der Waals surface area contributed by atoms with Gasteiger partial charge in [0.15, 0.2) is 0 Å². The molecule has 0 aromatic heterocycles. The normalized spacial score (nSPS) is 26.5. The molecule has 0 saturated carbocycles. The molecule has 1 fully saturated rings. The number of hydrogen-bond donors (Lipinski definition) is 2. The van der Waals surface area contributed by atoms with E-state index in [-0.39, 0.29) is 12.1 Å². The molecule has 1 amide bonds. The van der Waals surface area contributed by atoms with E-state index in [2.05, 4.69) is 5.43 Å². The summed E-state index contributed by atoms with van der Waals surface area (Å²) < 4.78 is 0. The Balaban J connectivity index is 2.35. The molecule has 3 N–H and O–H groups in total. The highest BCUT2D eigenvalue weighted by Gasteiger charge is 2.18. The van der Waals surface area contributed by atoms with Crippen LogP contribution in [0.15, 0.2) is 0 Å². The van der Waals surface area contributed by atoms with Gasteiger partial charge in [-0.1, -0.05) is 0 Å². The molecule has 0 bridgehead atoms. The lowest BCUT2D eigenvalue weighted by molar-refractivity contribution is -0.125. The number of hydrogen-bond acceptors (Lipinski definition) is 3. The highest BCUT2D eigenvalue weighted by Crippen LogP contribution is 2.09. The standard InChI is InChI=1S/C7H15N3O/c1-6(11)9-10-5-3-2-4-7(10)8/h7H,2-5,8H2,1H3,(H,9,11). The van der Waals surface area contributed by atoms with Crippen molar-refractivity contribution in [3.05, 3.63) is 0 Å². The van der Waals surface area contributed by atoms with Crippen LogP contribution in [-0.4, -0.2) is 23.6 Å². The summed E-state index contributed by atoms with van der Waals surface area (Å²) in [6.45, 7) is 2.38. The first-order valence-electron chi connectivity index (χ1n) is 3.99. The predicted molar refractivity (Wildman–Crippen MR) is 42.3 cm³/mol. The molecular weight excluding hydrogens is 142 g/mol. The zero-order chi connectivity index (χ0) is 8.27. The molecule has 11 heavy (non-hydrogen) atoms. The maximum absolute atomic E-state index is 10.6. The maximum Gasteiger partial charge on any atom is 0.231 e. The number of nitrogens with one attached hydrogen (secondary N) is 1. The fourth-order valence-electron chi connectivity index (χ4n) is 1.30. The zero-order valence-corrected chi connectivity index (χ0v) is 6.84. The molecule has 1 aliphatic heterocycles. The summed E-state index contributed by atoms with van der Waals surface area (Å²) in [4.78, 5) is 10.6. The topological polar surface area (TPSA) is 58.4 Å². The minimum absolute atomic E-state index is 0.00708. The van der Waals surface area contributed by atoms with Gasteiger partial charge in [-0.2, -0.15) is 0 Å². The van der Waals surface area contributed by atoms with Gasteiger partial charge in [-0.15, -0.1) is 0 Å². The molecule has 1 atom stereocenters. The molecular formula is C7H15N3O. The van der Waals surface area contributed by atoms with Crippen LogP contribution in [0.5, 0.6) is 0 Å². The lowest BCUT2D eigenvalue weighted by Gasteiger charge is -2.32. The SMILES string of the molecule is CC(=O)NN1CCCCC1N. The number of carbonyl (C=O) groups excluding carboxylic acids is 1. The van der Waals surface area contributed by atoms with E-state index >= 15 is 0 Å². The number of carbonyl (C=O) groups is 1. The summed E-state index contributed by atoms with van der Waals surface area (Å²) in [5, 5.41) is 1.81. The Hall–Kier alpha value is -0.610. The molecule has 0 spiro atoms. The Morgan fingerprint density at radius 1 is 1.64 bits per heavy atom. The quantitative estimate of drug-likeness (QED) is 0.554. The maximum atomic E-state index is 10.6. The largest absolute Gasteiger partial charge is 0.314 e. The summed E-state index contributed by atoms with van der Waals surface area (Å²) in [5.41, 5.74) is 8.44. The van der Waals surface area contributed by atoms with Gasteiger partial charge < -0.3 is 5.73 Å². The molecule has 4 nitrogen and oxygen atoms in total. The van der Waals surface area contributed by atoms with Crippen molar-refractivity contribution >= 4 is 5.91 Å². The Morgan fingerprint density at radius 2 is 2.36 bits per heavy atom. The molecule has 1 heterocycles. The second-order valence-corrected chi connectivity index (χ2v) is 2.92. The highest BCUT2D eigenvalue weighted by atomic mass is 16.2. The first kappa shape index (κ1) is 8.49. The minimum atomic E-state index is -0.0395. The highest BCUT2D eigenvalue weighted by molar-refractivity contribution is 5.72. The minimum Gasteiger partial charge on any atom is -0.314 e. The summed E-state index contributed by atoms with van der Waals surface area (Å²) >= 11 is 0. The van der Waals surface area contributed by atoms with Crippen molar-refractivity contribution in [1.82, 2.24) is 10.4 Å². The second kappa shape index (κ2) is 3.69. The smallest absolute Gasteiger partial charge is 0.231 e. The molecule has 64 valence electrons. The summed E-state index contributed by atoms with van der Waals surface area (Å²) in [7, 11) is 0. The second-order valence-electron chi connectivity index (χ2n) is 2.92. The van der Waals surface area contributed by atoms with Gasteiger partial charge in [0.1, 0.15) is 0 Å². The van der Waals surface area contributed by atoms with E-state index in [1.54, 1.807) is 0 Å². The van der Waals surface area contributed by atoms with Gasteiger partial charge in [-0.3, -0.25) is 10.2 Å². The van der Waals surface area contributed by atoms with Crippen LogP contribution in [0.1, 0.15) is 26.2 Å². The van der Waals surface area contributed by atoms with Crippen LogP contribution in [0, 0.1) is 0 Å². The molecule has 1 aliphatic rings. The number of nitrogens with two attached hydrogens (primary N) is 1. The van der Waals surface area contributed by atoms with E-state index in [1.807, 2.05) is 5.01 Å². The van der Waals surface area contributed by atoms with E-state index in [1.165, 1.54) is 6.92 Å². The van der Waals surface area contributed by atoms with E-state index < -0.39 is 0 Å². The van der Waals surface area contributed by atoms with Crippen molar-refractivity contribution in [2.45, 2.75) is 32.4 Å². The number of rotatable bonds is 1. The molecule has 0 aromatic carbocycles. The molecule has 0 radical (unpaired) electrons. The summed E-state index contributed by atoms with van der Waals surface area (Å²) in [6.07, 6.45) is 3.26. The molecule has 1 rings (SSSR count). The van der Waals surface area contributed by atoms with Crippen LogP contribution in [0.3, 0.4) is 0 Å². The Morgan fingerprint density at radius 3 is 2.91 bits per heavy atom. The lowest BCUT2D eigenvalue weighted by Crippen LogP contribution is -2.54. The first-order valence-corrected chi connectivity index (χ1v) is 3.99. The van der Waals surface area contributed by atoms with Crippen LogP contribution in [0.25, 0.3) is 0 Å². The third-order valence-corrected chi connectivity index (χ3v) is 1.85. The van der Waals surface area contributed by atoms with Crippen LogP contribution < -0.4 is 11.2 Å². The van der Waals surface area contributed by atoms with E-state index in [0.29, 0.717) is 0 Å². The average molecular weight is 157 g/mol. The predicted octanol–water partition coefficient (Wildman–Crippen LogP) is -0.192. The van der Waals surface area contributed by atoms with Crippen molar-refractivity contribution in [1.29, 1.82) is 0 Å². The monoisotopic (exact) mass is 157 g/mol. The molecule has 0 aromatic rings. The number of amides is 1. The Kier molecular flexibility index (Phi) is 2.84. The van der Waals surface area contributed by atoms with E-state index in [4.69, 9.17) is 5.73 Å². The molecule has 1 saturated heterocycles. The van der Waals surface area contributed by atoms with Crippen LogP contribution in [0.2, 0.25) is 0 Å². The number of piperidine rings is 1. The first-order chi connectivity index (χ1) is 5.20. The van der Waals surface area contributed by atoms with Gasteiger partial charge in [0.05, 0.1) is 6.17 Å². The summed E-state index contributed by atoms with van der Waals surface area (Å²) in [6, 6.07) is 0. The van der Waals surface area contributed by atoms with Gasteiger partial charge in [0.2, 0.25) is 5.91 Å². The molecule has 4 heteroatoms. The zero-order valence-electron chi connectivity index (χ0n) is 6.84. The third kappa shape index (κ3) is 2.48. The fraction of sp³-hybridized carbons (Fsp3) is 0.857. The van der Waals surface area contributed by atoms with Crippen LogP contribution in [-0.2, 0) is 4.79 Å². The van der Waals surface area contributed by atoms with Crippen LogP contribution >= 0.6 is 0 Å². The van der Waals surface area contributed by atoms with Gasteiger partial charge in [0.25, 0.3) is 0 Å². The Labute approximate surface area is 66.7 Å². The van der Waals surface area contributed by atoms with Gasteiger partial charge in [-0.25, -0.2) is 5.01 Å². The van der Waals surface area contributed by atoms with Crippen molar-refractivity contribution in [2.24, 2.45) is 5.73 Å². The Bertz CT molecular complexity index is 149. The van der Waals surface area contributed by atoms with Gasteiger partial charge >= 0.3 is 0 Å². The van der Waals surface area contributed by atoms with E-state index in [0.717, 1.165) is 25.8 Å². The van der Waals surface area contributed by atoms with Crippen LogP contribution in [0.4, 0.5) is 0 Å². The van der Waals surface area contributed by atoms with Crippen molar-refractivity contribution < 1.29 is 4.79 Å². The van der Waals surface area contributed by atoms with Crippen molar-refractivity contribution in [3.63, 3.8) is 0 Å². The number of hydrazine groups is 1. The average Bonchev–Trinajstić information content (AvgIpc) is 1.93. The summed E-state index contributed by atoms with van der Waals surface area (Å²) in [5.74, 6) is -0.0395. The van der Waals surface area contributed by atoms with Crippen molar-refractivity contribution in [2.75, 3.05) is 6.54 Å². The lowest BCUT2D eigenvalue weighted by atomic mass is 10.1. The molecule has 0 aliphatic carbocycles. The van der Waals surface area contributed by atoms with E-state index in [9.17, 15) is 4.79 Å².